The molecule has 0 aromatic heterocycles. The zero-order valence-corrected chi connectivity index (χ0v) is 7.38. The molecule has 0 saturated carbocycles. The van der Waals surface area contributed by atoms with E-state index in [9.17, 15) is 19.7 Å². The van der Waals surface area contributed by atoms with Gasteiger partial charge in [-0.05, 0) is 6.92 Å². The van der Waals surface area contributed by atoms with E-state index in [0.717, 1.165) is 0 Å². The van der Waals surface area contributed by atoms with Crippen molar-refractivity contribution in [1.29, 1.82) is 0 Å². The number of carbonyl (C=O) groups is 2. The molecule has 0 aliphatic carbocycles. The van der Waals surface area contributed by atoms with Gasteiger partial charge in [-0.25, -0.2) is 4.84 Å². The van der Waals surface area contributed by atoms with E-state index in [-0.39, 0.29) is 0 Å². The van der Waals surface area contributed by atoms with Gasteiger partial charge in [0, 0.05) is 6.92 Å². The molecule has 0 bridgehead atoms. The highest BCUT2D eigenvalue weighted by molar-refractivity contribution is 6.02. The molecule has 1 aliphatic rings. The maximum atomic E-state index is 11.3. The number of ketones is 1. The zero-order valence-electron chi connectivity index (χ0n) is 7.38. The van der Waals surface area contributed by atoms with E-state index in [0.29, 0.717) is 0 Å². The Morgan fingerprint density at radius 3 is 2.36 bits per heavy atom. The third-order valence-corrected chi connectivity index (χ3v) is 1.69. The number of hydrogen-bond acceptors (Lipinski definition) is 7. The lowest BCUT2D eigenvalue weighted by molar-refractivity contribution is -0.730. The van der Waals surface area contributed by atoms with Crippen molar-refractivity contribution in [2.75, 3.05) is 0 Å². The molecule has 1 aliphatic heterocycles. The lowest BCUT2D eigenvalue weighted by Crippen LogP contribution is -2.33. The summed E-state index contributed by atoms with van der Waals surface area (Å²) in [6.45, 7) is 2.47. The van der Waals surface area contributed by atoms with Crippen molar-refractivity contribution in [3.05, 3.63) is 10.1 Å². The largest absolute Gasteiger partial charge is 0.314 e. The zero-order chi connectivity index (χ0) is 10.9. The molecule has 8 heteroatoms. The summed E-state index contributed by atoms with van der Waals surface area (Å²) in [5.41, 5.74) is 0. The Labute approximate surface area is 77.8 Å². The fourth-order valence-corrected chi connectivity index (χ4v) is 0.797. The van der Waals surface area contributed by atoms with Gasteiger partial charge >= 0.3 is 11.1 Å². The van der Waals surface area contributed by atoms with Crippen molar-refractivity contribution in [3.8, 4) is 0 Å². The minimum Gasteiger partial charge on any atom is -0.293 e. The monoisotopic (exact) mass is 205 g/mol. The van der Waals surface area contributed by atoms with Gasteiger partial charge in [0.15, 0.2) is 0 Å². The minimum absolute atomic E-state index is 0.718. The Balaban J connectivity index is 2.56. The highest BCUT2D eigenvalue weighted by Gasteiger charge is 2.54. The predicted molar refractivity (Wildman–Crippen MR) is 37.8 cm³/mol. The second kappa shape index (κ2) is 3.31. The van der Waals surface area contributed by atoms with Crippen LogP contribution >= 0.6 is 0 Å². The fraction of sp³-hybridized carbons (Fsp3) is 0.667. The molecular formula is C6H7NO7. The third-order valence-electron chi connectivity index (χ3n) is 1.69. The lowest BCUT2D eigenvalue weighted by atomic mass is 10.0. The van der Waals surface area contributed by atoms with E-state index in [1.807, 2.05) is 0 Å². The standard InChI is InChI=1S/C6H7NO7/c1-3(5(9)12-7(10)11)4(8)6(2)13-14-6/h3H,1-2H3. The van der Waals surface area contributed by atoms with Gasteiger partial charge in [-0.15, -0.1) is 10.1 Å². The number of nitrogens with zero attached hydrogens (tertiary/aromatic N) is 1. The second-order valence-corrected chi connectivity index (χ2v) is 2.83. The second-order valence-electron chi connectivity index (χ2n) is 2.83. The van der Waals surface area contributed by atoms with Gasteiger partial charge in [0.2, 0.25) is 5.78 Å². The smallest absolute Gasteiger partial charge is 0.293 e. The maximum Gasteiger partial charge on any atom is 0.314 e. The van der Waals surface area contributed by atoms with Gasteiger partial charge in [-0.3, -0.25) is 9.59 Å². The van der Waals surface area contributed by atoms with Gasteiger partial charge in [0.05, 0.1) is 0 Å². The Bertz CT molecular complexity index is 295. The SMILES string of the molecule is CC(C(=O)O[N+](=O)[O-])C(=O)C1(C)OO1. The van der Waals surface area contributed by atoms with E-state index in [2.05, 4.69) is 14.6 Å². The molecule has 0 N–H and O–H groups in total. The summed E-state index contributed by atoms with van der Waals surface area (Å²) < 4.78 is 0. The van der Waals surface area contributed by atoms with Crippen LogP contribution in [-0.2, 0) is 24.2 Å². The van der Waals surface area contributed by atoms with E-state index in [1.54, 1.807) is 0 Å². The predicted octanol–water partition coefficient (Wildman–Crippen LogP) is -0.396. The van der Waals surface area contributed by atoms with Crippen LogP contribution in [0.2, 0.25) is 0 Å². The summed E-state index contributed by atoms with van der Waals surface area (Å²) >= 11 is 0. The average Bonchev–Trinajstić information content (AvgIpc) is 2.81. The molecular weight excluding hydrogens is 198 g/mol. The number of hydrogen-bond donors (Lipinski definition) is 0. The van der Waals surface area contributed by atoms with Gasteiger partial charge in [0.25, 0.3) is 5.79 Å². The van der Waals surface area contributed by atoms with E-state index < -0.39 is 28.5 Å². The molecule has 1 fully saturated rings. The fourth-order valence-electron chi connectivity index (χ4n) is 0.797. The van der Waals surface area contributed by atoms with Crippen molar-refractivity contribution < 1.29 is 29.3 Å². The van der Waals surface area contributed by atoms with Gasteiger partial charge < -0.3 is 0 Å². The van der Waals surface area contributed by atoms with Crippen molar-refractivity contribution >= 4 is 11.8 Å². The number of rotatable bonds is 4. The number of Topliss-reactive ketones (excluding diaryl/α,β-unsaturated/α-hetero) is 1. The van der Waals surface area contributed by atoms with Gasteiger partial charge in [0.1, 0.15) is 5.92 Å². The van der Waals surface area contributed by atoms with Crippen LogP contribution in [0.25, 0.3) is 0 Å². The molecule has 8 nitrogen and oxygen atoms in total. The van der Waals surface area contributed by atoms with Crippen LogP contribution in [0, 0.1) is 16.0 Å². The van der Waals surface area contributed by atoms with Crippen molar-refractivity contribution in [2.45, 2.75) is 19.6 Å². The first kappa shape index (κ1) is 10.5. The average molecular weight is 205 g/mol. The Hall–Kier alpha value is -1.54. The normalized spacial score (nSPS) is 19.6. The highest BCUT2D eigenvalue weighted by atomic mass is 17.4. The van der Waals surface area contributed by atoms with Gasteiger partial charge in [-0.1, -0.05) is 0 Å². The summed E-state index contributed by atoms with van der Waals surface area (Å²) in [4.78, 5) is 44.2. The summed E-state index contributed by atoms with van der Waals surface area (Å²) in [6.07, 6.45) is 0. The molecule has 0 amide bonds. The summed E-state index contributed by atoms with van der Waals surface area (Å²) in [5, 5.41) is 8.52. The molecule has 1 heterocycles. The Kier molecular flexibility index (Phi) is 2.49. The molecule has 1 atom stereocenters. The molecule has 1 unspecified atom stereocenters. The molecule has 14 heavy (non-hydrogen) atoms. The van der Waals surface area contributed by atoms with Gasteiger partial charge in [-0.2, -0.15) is 9.78 Å². The highest BCUT2D eigenvalue weighted by Crippen LogP contribution is 2.32. The van der Waals surface area contributed by atoms with Crippen LogP contribution in [-0.4, -0.2) is 22.6 Å². The van der Waals surface area contributed by atoms with E-state index in [1.165, 1.54) is 13.8 Å². The first-order valence-corrected chi connectivity index (χ1v) is 3.64. The van der Waals surface area contributed by atoms with Crippen LogP contribution in [0.1, 0.15) is 13.8 Å². The third kappa shape index (κ3) is 2.03. The molecule has 0 spiro atoms. The molecule has 1 saturated heterocycles. The van der Waals surface area contributed by atoms with Crippen LogP contribution < -0.4 is 0 Å². The molecule has 0 aromatic rings. The van der Waals surface area contributed by atoms with Crippen LogP contribution in [0.15, 0.2) is 0 Å². The summed E-state index contributed by atoms with van der Waals surface area (Å²) in [6, 6.07) is 0. The molecule has 1 rings (SSSR count). The van der Waals surface area contributed by atoms with Crippen molar-refractivity contribution in [2.24, 2.45) is 5.92 Å². The van der Waals surface area contributed by atoms with Crippen molar-refractivity contribution in [1.82, 2.24) is 0 Å². The molecule has 0 aromatic carbocycles. The molecule has 0 radical (unpaired) electrons. The summed E-state index contributed by atoms with van der Waals surface area (Å²) in [7, 11) is 0. The quantitative estimate of drug-likeness (QED) is 0.202. The Morgan fingerprint density at radius 2 is 2.00 bits per heavy atom. The first-order chi connectivity index (χ1) is 6.37. The summed E-state index contributed by atoms with van der Waals surface area (Å²) in [5.74, 6) is -4.73. The first-order valence-electron chi connectivity index (χ1n) is 3.64. The van der Waals surface area contributed by atoms with Crippen molar-refractivity contribution in [3.63, 3.8) is 0 Å². The van der Waals surface area contributed by atoms with Crippen LogP contribution in [0.3, 0.4) is 0 Å². The van der Waals surface area contributed by atoms with E-state index in [4.69, 9.17) is 0 Å². The van der Waals surface area contributed by atoms with Crippen LogP contribution in [0.4, 0.5) is 0 Å². The maximum absolute atomic E-state index is 11.3. The Morgan fingerprint density at radius 1 is 1.50 bits per heavy atom. The number of carbonyl (C=O) groups excluding carboxylic acids is 2. The van der Waals surface area contributed by atoms with E-state index >= 15 is 0 Å². The van der Waals surface area contributed by atoms with Crippen LogP contribution in [0.5, 0.6) is 0 Å². The molecule has 78 valence electrons. The lowest BCUT2D eigenvalue weighted by Gasteiger charge is -2.06. The topological polar surface area (TPSA) is 112 Å². The minimum atomic E-state index is -1.46.